The summed E-state index contributed by atoms with van der Waals surface area (Å²) in [5, 5.41) is 3.06. The molecule has 3 aromatic heterocycles. The van der Waals surface area contributed by atoms with Crippen molar-refractivity contribution in [3.8, 4) is 0 Å². The van der Waals surface area contributed by atoms with E-state index in [1.54, 1.807) is 13.2 Å². The fraction of sp³-hybridized carbons (Fsp3) is 0.312. The third kappa shape index (κ3) is 3.03. The predicted molar refractivity (Wildman–Crippen MR) is 83.3 cm³/mol. The molecule has 0 aliphatic carbocycles. The minimum atomic E-state index is -0.389. The number of nitrogens with one attached hydrogen (secondary N) is 2. The summed E-state index contributed by atoms with van der Waals surface area (Å²) in [6.07, 6.45) is 4.32. The quantitative estimate of drug-likeness (QED) is 0.751. The smallest absolute Gasteiger partial charge is 0.262 e. The van der Waals surface area contributed by atoms with Gasteiger partial charge in [-0.2, -0.15) is 0 Å². The Bertz CT molecular complexity index is 877. The van der Waals surface area contributed by atoms with Crippen molar-refractivity contribution in [2.45, 2.75) is 32.7 Å². The largest absolute Gasteiger partial charge is 0.469 e. The topological polar surface area (TPSA) is 101 Å². The molecule has 1 unspecified atom stereocenters. The maximum atomic E-state index is 12.5. The Hall–Kier alpha value is -2.83. The third-order valence-electron chi connectivity index (χ3n) is 3.68. The summed E-state index contributed by atoms with van der Waals surface area (Å²) >= 11 is 0. The highest BCUT2D eigenvalue weighted by atomic mass is 16.3. The number of aromatic nitrogens is 2. The second kappa shape index (κ2) is 6.12. The van der Waals surface area contributed by atoms with Gasteiger partial charge in [0.1, 0.15) is 16.9 Å². The van der Waals surface area contributed by atoms with Gasteiger partial charge in [-0.1, -0.05) is 0 Å². The number of rotatable bonds is 5. The third-order valence-corrected chi connectivity index (χ3v) is 3.68. The van der Waals surface area contributed by atoms with Crippen molar-refractivity contribution in [3.05, 3.63) is 52.2 Å². The van der Waals surface area contributed by atoms with Gasteiger partial charge in [0.25, 0.3) is 11.5 Å². The number of hydrogen-bond donors (Lipinski definition) is 2. The summed E-state index contributed by atoms with van der Waals surface area (Å²) < 4.78 is 10.7. The molecule has 0 spiro atoms. The minimum Gasteiger partial charge on any atom is -0.469 e. The van der Waals surface area contributed by atoms with Crippen LogP contribution in [0.4, 0.5) is 0 Å². The first-order valence-electron chi connectivity index (χ1n) is 7.36. The molecule has 0 radical (unpaired) electrons. The molecule has 0 bridgehead atoms. The molecule has 23 heavy (non-hydrogen) atoms. The molecular weight excluding hydrogens is 298 g/mol. The van der Waals surface area contributed by atoms with E-state index in [1.807, 2.05) is 19.1 Å². The van der Waals surface area contributed by atoms with Crippen LogP contribution in [0.3, 0.4) is 0 Å². The van der Waals surface area contributed by atoms with Gasteiger partial charge in [-0.15, -0.1) is 0 Å². The van der Waals surface area contributed by atoms with Crippen LogP contribution in [0.15, 0.2) is 38.4 Å². The van der Waals surface area contributed by atoms with Crippen LogP contribution in [0.1, 0.15) is 35.2 Å². The minimum absolute atomic E-state index is 0.0762. The van der Waals surface area contributed by atoms with Crippen LogP contribution >= 0.6 is 0 Å². The average molecular weight is 315 g/mol. The molecule has 3 rings (SSSR count). The van der Waals surface area contributed by atoms with Gasteiger partial charge in [0, 0.05) is 12.5 Å². The van der Waals surface area contributed by atoms with Crippen LogP contribution in [0, 0.1) is 6.92 Å². The number of carbonyl (C=O) groups is 1. The molecule has 3 aromatic rings. The van der Waals surface area contributed by atoms with E-state index >= 15 is 0 Å². The molecule has 1 atom stereocenters. The summed E-state index contributed by atoms with van der Waals surface area (Å²) in [5.41, 5.74) is 0.0130. The number of nitrogens with zero attached hydrogens (tertiary/aromatic N) is 1. The van der Waals surface area contributed by atoms with Crippen molar-refractivity contribution in [1.29, 1.82) is 0 Å². The monoisotopic (exact) mass is 315 g/mol. The Balaban J connectivity index is 1.75. The highest BCUT2D eigenvalue weighted by molar-refractivity contribution is 6.06. The summed E-state index contributed by atoms with van der Waals surface area (Å²) in [6.45, 7) is 3.55. The number of H-pyrrole nitrogens is 1. The van der Waals surface area contributed by atoms with Gasteiger partial charge in [-0.05, 0) is 32.4 Å². The molecule has 0 saturated carbocycles. The lowest BCUT2D eigenvalue weighted by molar-refractivity contribution is 0.0938. The van der Waals surface area contributed by atoms with Gasteiger partial charge in [-0.25, -0.2) is 4.98 Å². The number of aryl methyl sites for hydroxylation is 2. The molecule has 0 saturated heterocycles. The van der Waals surface area contributed by atoms with Crippen molar-refractivity contribution in [3.63, 3.8) is 0 Å². The summed E-state index contributed by atoms with van der Waals surface area (Å²) in [7, 11) is 0. The van der Waals surface area contributed by atoms with Crippen molar-refractivity contribution < 1.29 is 13.6 Å². The normalized spacial score (nSPS) is 12.4. The zero-order valence-electron chi connectivity index (χ0n) is 12.9. The van der Waals surface area contributed by atoms with Gasteiger partial charge in [0.15, 0.2) is 0 Å². The Morgan fingerprint density at radius 3 is 3.04 bits per heavy atom. The number of hydrogen-bond acceptors (Lipinski definition) is 5. The van der Waals surface area contributed by atoms with E-state index in [1.165, 1.54) is 6.33 Å². The average Bonchev–Trinajstić information content (AvgIpc) is 3.12. The highest BCUT2D eigenvalue weighted by Crippen LogP contribution is 2.20. The van der Waals surface area contributed by atoms with Gasteiger partial charge in [0.2, 0.25) is 5.71 Å². The summed E-state index contributed by atoms with van der Waals surface area (Å²) in [5.74, 6) is 0.906. The standard InChI is InChI=1S/C16H17N3O4/c1-9(5-6-11-4-3-7-22-11)19-15(21)12-10(2)23-16-13(12)14(20)17-8-18-16/h3-4,7-9H,5-6H2,1-2H3,(H,19,21)(H,17,18,20). The second-order valence-corrected chi connectivity index (χ2v) is 5.44. The van der Waals surface area contributed by atoms with E-state index in [9.17, 15) is 9.59 Å². The van der Waals surface area contributed by atoms with Crippen LogP contribution in [0.2, 0.25) is 0 Å². The zero-order valence-corrected chi connectivity index (χ0v) is 12.9. The molecule has 7 nitrogen and oxygen atoms in total. The van der Waals surface area contributed by atoms with E-state index in [2.05, 4.69) is 15.3 Å². The Morgan fingerprint density at radius 1 is 1.48 bits per heavy atom. The maximum Gasteiger partial charge on any atom is 0.262 e. The van der Waals surface area contributed by atoms with Crippen LogP contribution in [-0.2, 0) is 6.42 Å². The fourth-order valence-electron chi connectivity index (χ4n) is 2.51. The number of furan rings is 2. The fourth-order valence-corrected chi connectivity index (χ4v) is 2.51. The summed E-state index contributed by atoms with van der Waals surface area (Å²) in [6, 6.07) is 3.65. The van der Waals surface area contributed by atoms with E-state index < -0.39 is 0 Å². The van der Waals surface area contributed by atoms with Crippen molar-refractivity contribution in [2.75, 3.05) is 0 Å². The first kappa shape index (κ1) is 15.1. The van der Waals surface area contributed by atoms with Crippen LogP contribution < -0.4 is 10.9 Å². The second-order valence-electron chi connectivity index (χ2n) is 5.44. The number of carbonyl (C=O) groups excluding carboxylic acids is 1. The number of fused-ring (bicyclic) bond motifs is 1. The molecule has 0 aliphatic heterocycles. The Morgan fingerprint density at radius 2 is 2.30 bits per heavy atom. The molecule has 3 heterocycles. The number of amides is 1. The van der Waals surface area contributed by atoms with E-state index in [4.69, 9.17) is 8.83 Å². The molecule has 0 aromatic carbocycles. The maximum absolute atomic E-state index is 12.5. The Kier molecular flexibility index (Phi) is 4.01. The molecule has 2 N–H and O–H groups in total. The molecular formula is C16H17N3O4. The lowest BCUT2D eigenvalue weighted by Gasteiger charge is -2.12. The van der Waals surface area contributed by atoms with E-state index in [-0.39, 0.29) is 34.2 Å². The van der Waals surface area contributed by atoms with E-state index in [0.717, 1.165) is 18.6 Å². The zero-order chi connectivity index (χ0) is 16.4. The molecule has 0 aliphatic rings. The molecule has 7 heteroatoms. The molecule has 1 amide bonds. The molecule has 0 fully saturated rings. The SMILES string of the molecule is Cc1oc2nc[nH]c(=O)c2c1C(=O)NC(C)CCc1ccco1. The number of aromatic amines is 1. The first-order chi connectivity index (χ1) is 11.1. The molecule has 120 valence electrons. The van der Waals surface area contributed by atoms with Gasteiger partial charge >= 0.3 is 0 Å². The van der Waals surface area contributed by atoms with Gasteiger partial charge in [-0.3, -0.25) is 9.59 Å². The van der Waals surface area contributed by atoms with Gasteiger partial charge < -0.3 is 19.1 Å². The van der Waals surface area contributed by atoms with Crippen LogP contribution in [-0.4, -0.2) is 21.9 Å². The lowest BCUT2D eigenvalue weighted by atomic mass is 10.1. The van der Waals surface area contributed by atoms with Crippen molar-refractivity contribution in [2.24, 2.45) is 0 Å². The summed E-state index contributed by atoms with van der Waals surface area (Å²) in [4.78, 5) is 30.8. The Labute approximate surface area is 131 Å². The van der Waals surface area contributed by atoms with Crippen molar-refractivity contribution >= 4 is 17.0 Å². The van der Waals surface area contributed by atoms with Gasteiger partial charge in [0.05, 0.1) is 18.2 Å². The van der Waals surface area contributed by atoms with E-state index in [0.29, 0.717) is 5.76 Å². The first-order valence-corrected chi connectivity index (χ1v) is 7.36. The lowest BCUT2D eigenvalue weighted by Crippen LogP contribution is -2.33. The van der Waals surface area contributed by atoms with Crippen molar-refractivity contribution in [1.82, 2.24) is 15.3 Å². The van der Waals surface area contributed by atoms with Crippen LogP contribution in [0.5, 0.6) is 0 Å². The van der Waals surface area contributed by atoms with Crippen LogP contribution in [0.25, 0.3) is 11.1 Å². The predicted octanol–water partition coefficient (Wildman–Crippen LogP) is 2.17. The highest BCUT2D eigenvalue weighted by Gasteiger charge is 2.22.